The van der Waals surface area contributed by atoms with Gasteiger partial charge in [0.15, 0.2) is 11.5 Å². The molecule has 0 spiro atoms. The number of esters is 1. The Labute approximate surface area is 189 Å². The number of hydrogen-bond acceptors (Lipinski definition) is 6. The smallest absolute Gasteiger partial charge is 0.315 e. The van der Waals surface area contributed by atoms with Crippen LogP contribution in [0.5, 0.6) is 11.5 Å². The average molecular weight is 472 g/mol. The standard InChI is InChI=1S/C20H19Cl2NO4S2/c1-20(2)11(9-15(21)22)16(20)18(25)27-12-6-5-10(7-13(12)26-4)8-14-17(24)23(3)19(28)29-14/h5-9,11,16H,1-4H3/b14-8-/t11-,16+/m0/s1. The van der Waals surface area contributed by atoms with E-state index in [9.17, 15) is 9.59 Å². The topological polar surface area (TPSA) is 55.8 Å². The molecular formula is C20H19Cl2NO4S2. The minimum Gasteiger partial charge on any atom is -0.493 e. The summed E-state index contributed by atoms with van der Waals surface area (Å²) in [5, 5.41) is 0. The molecule has 9 heteroatoms. The number of thiocarbonyl (C=S) groups is 1. The third-order valence-electron chi connectivity index (χ3n) is 5.15. The highest BCUT2D eigenvalue weighted by molar-refractivity contribution is 8.26. The lowest BCUT2D eigenvalue weighted by Crippen LogP contribution is -2.22. The molecule has 1 aromatic carbocycles. The van der Waals surface area contributed by atoms with Gasteiger partial charge in [0.05, 0.1) is 17.9 Å². The van der Waals surface area contributed by atoms with Crippen molar-refractivity contribution < 1.29 is 19.1 Å². The van der Waals surface area contributed by atoms with Gasteiger partial charge in [0.25, 0.3) is 5.91 Å². The molecule has 29 heavy (non-hydrogen) atoms. The Morgan fingerprint density at radius 2 is 2.00 bits per heavy atom. The molecule has 1 heterocycles. The second kappa shape index (κ2) is 8.30. The van der Waals surface area contributed by atoms with Crippen molar-refractivity contribution in [3.05, 3.63) is 39.2 Å². The van der Waals surface area contributed by atoms with E-state index in [0.29, 0.717) is 20.7 Å². The van der Waals surface area contributed by atoms with Crippen LogP contribution in [0.3, 0.4) is 0 Å². The fourth-order valence-corrected chi connectivity index (χ4v) is 4.75. The van der Waals surface area contributed by atoms with Gasteiger partial charge in [-0.05, 0) is 41.2 Å². The van der Waals surface area contributed by atoms with E-state index in [-0.39, 0.29) is 33.6 Å². The SMILES string of the molecule is COc1cc(/C=C2\SC(=S)N(C)C2=O)ccc1OC(=O)[C@H]1[C@H](C=C(Cl)Cl)C1(C)C. The summed E-state index contributed by atoms with van der Waals surface area (Å²) in [6.45, 7) is 3.92. The van der Waals surface area contributed by atoms with Crippen molar-refractivity contribution in [2.45, 2.75) is 13.8 Å². The van der Waals surface area contributed by atoms with Gasteiger partial charge in [0, 0.05) is 7.05 Å². The predicted octanol–water partition coefficient (Wildman–Crippen LogP) is 5.02. The lowest BCUT2D eigenvalue weighted by Gasteiger charge is -2.11. The van der Waals surface area contributed by atoms with Crippen molar-refractivity contribution in [3.8, 4) is 11.5 Å². The van der Waals surface area contributed by atoms with Crippen molar-refractivity contribution in [1.29, 1.82) is 0 Å². The number of likely N-dealkylation sites (N-methyl/N-ethyl adjacent to an activating group) is 1. The number of halogens is 2. The van der Waals surface area contributed by atoms with Crippen molar-refractivity contribution in [2.75, 3.05) is 14.2 Å². The van der Waals surface area contributed by atoms with Gasteiger partial charge in [-0.2, -0.15) is 0 Å². The number of carbonyl (C=O) groups is 2. The molecule has 2 atom stereocenters. The van der Waals surface area contributed by atoms with Gasteiger partial charge >= 0.3 is 5.97 Å². The molecule has 1 amide bonds. The minimum atomic E-state index is -0.372. The molecule has 0 bridgehead atoms. The van der Waals surface area contributed by atoms with Crippen LogP contribution >= 0.6 is 47.2 Å². The van der Waals surface area contributed by atoms with Crippen LogP contribution in [0.25, 0.3) is 6.08 Å². The molecule has 0 radical (unpaired) electrons. The second-order valence-electron chi connectivity index (χ2n) is 7.35. The van der Waals surface area contributed by atoms with E-state index in [2.05, 4.69) is 0 Å². The fourth-order valence-electron chi connectivity index (χ4n) is 3.30. The summed E-state index contributed by atoms with van der Waals surface area (Å²) in [6.07, 6.45) is 3.39. The van der Waals surface area contributed by atoms with Crippen LogP contribution in [-0.4, -0.2) is 35.3 Å². The molecule has 2 aliphatic rings. The van der Waals surface area contributed by atoms with Crippen LogP contribution < -0.4 is 9.47 Å². The number of thioether (sulfide) groups is 1. The molecule has 5 nitrogen and oxygen atoms in total. The highest BCUT2D eigenvalue weighted by Crippen LogP contribution is 2.60. The molecule has 3 rings (SSSR count). The van der Waals surface area contributed by atoms with E-state index in [0.717, 1.165) is 5.56 Å². The predicted molar refractivity (Wildman–Crippen MR) is 120 cm³/mol. The molecule has 0 aromatic heterocycles. The zero-order valence-corrected chi connectivity index (χ0v) is 19.3. The van der Waals surface area contributed by atoms with Gasteiger partial charge in [-0.25, -0.2) is 0 Å². The summed E-state index contributed by atoms with van der Waals surface area (Å²) in [5.41, 5.74) is 0.450. The van der Waals surface area contributed by atoms with Crippen LogP contribution in [0.15, 0.2) is 33.7 Å². The van der Waals surface area contributed by atoms with E-state index in [4.69, 9.17) is 44.9 Å². The first-order valence-corrected chi connectivity index (χ1v) is 10.7. The molecule has 1 saturated carbocycles. The second-order valence-corrected chi connectivity index (χ2v) is 10.0. The van der Waals surface area contributed by atoms with Crippen LogP contribution in [0.1, 0.15) is 19.4 Å². The number of rotatable bonds is 5. The van der Waals surface area contributed by atoms with E-state index in [1.54, 1.807) is 37.4 Å². The fraction of sp³-hybridized carbons (Fsp3) is 0.350. The molecule has 1 saturated heterocycles. The molecule has 1 aliphatic carbocycles. The number of amides is 1. The molecule has 2 fully saturated rings. The maximum atomic E-state index is 12.7. The Morgan fingerprint density at radius 1 is 1.31 bits per heavy atom. The Hall–Kier alpha value is -1.54. The summed E-state index contributed by atoms with van der Waals surface area (Å²) < 4.78 is 11.6. The highest BCUT2D eigenvalue weighted by atomic mass is 35.5. The van der Waals surface area contributed by atoms with Crippen LogP contribution in [0.4, 0.5) is 0 Å². The first-order valence-electron chi connectivity index (χ1n) is 8.70. The summed E-state index contributed by atoms with van der Waals surface area (Å²) in [7, 11) is 3.13. The number of ether oxygens (including phenoxy) is 2. The number of benzene rings is 1. The van der Waals surface area contributed by atoms with Gasteiger partial charge in [0.2, 0.25) is 0 Å². The number of allylic oxidation sites excluding steroid dienone is 1. The molecule has 1 aliphatic heterocycles. The van der Waals surface area contributed by atoms with E-state index in [1.807, 2.05) is 13.8 Å². The Morgan fingerprint density at radius 3 is 2.55 bits per heavy atom. The molecule has 154 valence electrons. The van der Waals surface area contributed by atoms with E-state index < -0.39 is 0 Å². The Bertz CT molecular complexity index is 954. The number of methoxy groups -OCH3 is 1. The van der Waals surface area contributed by atoms with Gasteiger partial charge in [-0.1, -0.05) is 67.1 Å². The third kappa shape index (κ3) is 4.48. The van der Waals surface area contributed by atoms with Crippen molar-refractivity contribution >= 4 is 69.5 Å². The molecule has 1 aromatic rings. The monoisotopic (exact) mass is 471 g/mol. The Balaban J connectivity index is 1.78. The maximum absolute atomic E-state index is 12.7. The zero-order chi connectivity index (χ0) is 21.5. The largest absolute Gasteiger partial charge is 0.493 e. The number of carbonyl (C=O) groups excluding carboxylic acids is 2. The lowest BCUT2D eigenvalue weighted by molar-refractivity contribution is -0.136. The minimum absolute atomic E-state index is 0.0822. The Kier molecular flexibility index (Phi) is 6.34. The first kappa shape index (κ1) is 22.2. The normalized spacial score (nSPS) is 23.9. The average Bonchev–Trinajstić information content (AvgIpc) is 3.10. The molecule has 0 unspecified atom stereocenters. The van der Waals surface area contributed by atoms with Gasteiger partial charge in [-0.3, -0.25) is 14.5 Å². The summed E-state index contributed by atoms with van der Waals surface area (Å²) in [4.78, 5) is 26.8. The summed E-state index contributed by atoms with van der Waals surface area (Å²) in [6, 6.07) is 5.10. The number of nitrogens with zero attached hydrogens (tertiary/aromatic N) is 1. The molecule has 0 N–H and O–H groups in total. The number of hydrogen-bond donors (Lipinski definition) is 0. The molecular weight excluding hydrogens is 453 g/mol. The van der Waals surface area contributed by atoms with Crippen LogP contribution in [0.2, 0.25) is 0 Å². The maximum Gasteiger partial charge on any atom is 0.315 e. The van der Waals surface area contributed by atoms with Crippen molar-refractivity contribution in [2.24, 2.45) is 17.3 Å². The summed E-state index contributed by atoms with van der Waals surface area (Å²) >= 11 is 17.9. The summed E-state index contributed by atoms with van der Waals surface area (Å²) in [5.74, 6) is -0.252. The zero-order valence-electron chi connectivity index (χ0n) is 16.2. The van der Waals surface area contributed by atoms with E-state index >= 15 is 0 Å². The van der Waals surface area contributed by atoms with Crippen LogP contribution in [0, 0.1) is 17.3 Å². The quantitative estimate of drug-likeness (QED) is 0.260. The van der Waals surface area contributed by atoms with Crippen molar-refractivity contribution in [3.63, 3.8) is 0 Å². The van der Waals surface area contributed by atoms with Crippen LogP contribution in [-0.2, 0) is 9.59 Å². The third-order valence-corrected chi connectivity index (χ3v) is 6.89. The van der Waals surface area contributed by atoms with E-state index in [1.165, 1.54) is 23.8 Å². The van der Waals surface area contributed by atoms with Gasteiger partial charge in [0.1, 0.15) is 8.81 Å². The van der Waals surface area contributed by atoms with Gasteiger partial charge in [-0.15, -0.1) is 0 Å². The van der Waals surface area contributed by atoms with Crippen molar-refractivity contribution in [1.82, 2.24) is 4.90 Å². The van der Waals surface area contributed by atoms with Gasteiger partial charge < -0.3 is 9.47 Å². The lowest BCUT2D eigenvalue weighted by atomic mass is 10.1. The first-order chi connectivity index (χ1) is 13.6. The highest BCUT2D eigenvalue weighted by Gasteiger charge is 2.61.